The highest BCUT2D eigenvalue weighted by molar-refractivity contribution is 5.80. The molecule has 0 aromatic carbocycles. The Kier molecular flexibility index (Phi) is 7.34. The molecule has 1 atom stereocenters. The van der Waals surface area contributed by atoms with Crippen LogP contribution in [0.15, 0.2) is 0 Å². The Bertz CT molecular complexity index is 256. The van der Waals surface area contributed by atoms with Crippen LogP contribution in [0.25, 0.3) is 0 Å². The van der Waals surface area contributed by atoms with E-state index in [9.17, 15) is 9.59 Å². The van der Waals surface area contributed by atoms with Crippen molar-refractivity contribution in [1.29, 1.82) is 0 Å². The first-order valence-corrected chi connectivity index (χ1v) is 6.25. The molecule has 0 aromatic rings. The van der Waals surface area contributed by atoms with Crippen LogP contribution in [0.4, 0.5) is 4.79 Å². The Morgan fingerprint density at radius 1 is 1.24 bits per heavy atom. The van der Waals surface area contributed by atoms with E-state index >= 15 is 0 Å². The first-order valence-electron chi connectivity index (χ1n) is 6.25. The van der Waals surface area contributed by atoms with Crippen molar-refractivity contribution in [2.75, 3.05) is 19.6 Å². The number of aliphatic carboxylic acids is 1. The van der Waals surface area contributed by atoms with Crippen molar-refractivity contribution < 1.29 is 14.7 Å². The van der Waals surface area contributed by atoms with E-state index in [-0.39, 0.29) is 18.6 Å². The molecular weight excluding hydrogens is 220 g/mol. The molecule has 1 unspecified atom stereocenters. The largest absolute Gasteiger partial charge is 0.480 e. The average Bonchev–Trinajstić information content (AvgIpc) is 2.31. The lowest BCUT2D eigenvalue weighted by Crippen LogP contribution is -2.49. The fourth-order valence-corrected chi connectivity index (χ4v) is 1.62. The fraction of sp³-hybridized carbons (Fsp3) is 0.833. The van der Waals surface area contributed by atoms with Crippen molar-refractivity contribution >= 4 is 12.0 Å². The van der Waals surface area contributed by atoms with Crippen LogP contribution in [0.2, 0.25) is 0 Å². The quantitative estimate of drug-likeness (QED) is 0.745. The Morgan fingerprint density at radius 2 is 1.82 bits per heavy atom. The molecule has 100 valence electrons. The summed E-state index contributed by atoms with van der Waals surface area (Å²) in [5, 5.41) is 8.85. The van der Waals surface area contributed by atoms with Crippen molar-refractivity contribution in [2.45, 2.75) is 46.6 Å². The zero-order valence-corrected chi connectivity index (χ0v) is 11.3. The van der Waals surface area contributed by atoms with Gasteiger partial charge in [-0.05, 0) is 26.7 Å². The summed E-state index contributed by atoms with van der Waals surface area (Å²) in [5.74, 6) is -0.966. The lowest BCUT2D eigenvalue weighted by molar-refractivity contribution is -0.138. The molecule has 0 radical (unpaired) electrons. The zero-order valence-electron chi connectivity index (χ0n) is 11.3. The fourth-order valence-electron chi connectivity index (χ4n) is 1.62. The van der Waals surface area contributed by atoms with Gasteiger partial charge in [0.1, 0.15) is 6.54 Å². The summed E-state index contributed by atoms with van der Waals surface area (Å²) in [6.07, 6.45) is 1.63. The number of carboxylic acid groups (broad SMARTS) is 1. The minimum atomic E-state index is -0.966. The van der Waals surface area contributed by atoms with Gasteiger partial charge in [0.25, 0.3) is 0 Å². The van der Waals surface area contributed by atoms with Gasteiger partial charge in [0.2, 0.25) is 0 Å². The highest BCUT2D eigenvalue weighted by atomic mass is 16.4. The average molecular weight is 244 g/mol. The third-order valence-corrected chi connectivity index (χ3v) is 2.82. The van der Waals surface area contributed by atoms with Gasteiger partial charge in [0.15, 0.2) is 0 Å². The number of hydrogen-bond donors (Lipinski definition) is 1. The Morgan fingerprint density at radius 3 is 2.18 bits per heavy atom. The molecule has 0 fully saturated rings. The smallest absolute Gasteiger partial charge is 0.323 e. The molecule has 0 saturated heterocycles. The van der Waals surface area contributed by atoms with E-state index in [2.05, 4.69) is 0 Å². The van der Waals surface area contributed by atoms with Gasteiger partial charge in [-0.2, -0.15) is 0 Å². The van der Waals surface area contributed by atoms with Crippen molar-refractivity contribution in [3.05, 3.63) is 0 Å². The normalized spacial score (nSPS) is 12.0. The second kappa shape index (κ2) is 7.92. The molecule has 0 rings (SSSR count). The van der Waals surface area contributed by atoms with Gasteiger partial charge in [0, 0.05) is 19.1 Å². The van der Waals surface area contributed by atoms with Crippen LogP contribution in [0.3, 0.4) is 0 Å². The molecule has 0 aliphatic heterocycles. The standard InChI is InChI=1S/C12H24N2O3/c1-5-8-13(7-3)12(17)14(9-11(15)16)10(4)6-2/h10H,5-9H2,1-4H3,(H,15,16). The van der Waals surface area contributed by atoms with E-state index in [0.717, 1.165) is 12.8 Å². The molecule has 17 heavy (non-hydrogen) atoms. The molecule has 0 bridgehead atoms. The SMILES string of the molecule is CCCN(CC)C(=O)N(CC(=O)O)C(C)CC. The molecule has 1 N–H and O–H groups in total. The number of nitrogens with zero attached hydrogens (tertiary/aromatic N) is 2. The summed E-state index contributed by atoms with van der Waals surface area (Å²) in [5.41, 5.74) is 0. The molecular formula is C12H24N2O3. The number of carbonyl (C=O) groups is 2. The Balaban J connectivity index is 4.76. The molecule has 0 aliphatic rings. The van der Waals surface area contributed by atoms with Crippen molar-refractivity contribution in [2.24, 2.45) is 0 Å². The summed E-state index contributed by atoms with van der Waals surface area (Å²) in [6.45, 7) is 8.78. The van der Waals surface area contributed by atoms with Crippen LogP contribution in [0.1, 0.15) is 40.5 Å². The van der Waals surface area contributed by atoms with Crippen molar-refractivity contribution in [3.8, 4) is 0 Å². The number of carboxylic acids is 1. The zero-order chi connectivity index (χ0) is 13.4. The monoisotopic (exact) mass is 244 g/mol. The van der Waals surface area contributed by atoms with E-state index in [0.29, 0.717) is 13.1 Å². The number of hydrogen-bond acceptors (Lipinski definition) is 2. The maximum atomic E-state index is 12.2. The Labute approximate surface area is 103 Å². The predicted octanol–water partition coefficient (Wildman–Crippen LogP) is 2.02. The molecule has 2 amide bonds. The highest BCUT2D eigenvalue weighted by Gasteiger charge is 2.25. The van der Waals surface area contributed by atoms with Gasteiger partial charge in [-0.1, -0.05) is 13.8 Å². The molecule has 0 aliphatic carbocycles. The molecule has 0 heterocycles. The summed E-state index contributed by atoms with van der Waals surface area (Å²) in [4.78, 5) is 26.1. The Hall–Kier alpha value is -1.26. The first-order chi connectivity index (χ1) is 7.97. The van der Waals surface area contributed by atoms with E-state index in [1.807, 2.05) is 27.7 Å². The maximum Gasteiger partial charge on any atom is 0.323 e. The maximum absolute atomic E-state index is 12.2. The summed E-state index contributed by atoms with van der Waals surface area (Å²) < 4.78 is 0. The van der Waals surface area contributed by atoms with E-state index in [1.54, 1.807) is 4.90 Å². The van der Waals surface area contributed by atoms with Crippen LogP contribution in [-0.2, 0) is 4.79 Å². The molecule has 0 spiro atoms. The summed E-state index contributed by atoms with van der Waals surface area (Å²) >= 11 is 0. The highest BCUT2D eigenvalue weighted by Crippen LogP contribution is 2.08. The van der Waals surface area contributed by atoms with Gasteiger partial charge in [-0.3, -0.25) is 4.79 Å². The molecule has 5 nitrogen and oxygen atoms in total. The predicted molar refractivity (Wildman–Crippen MR) is 67.0 cm³/mol. The second-order valence-corrected chi connectivity index (χ2v) is 4.14. The van der Waals surface area contributed by atoms with Crippen LogP contribution >= 0.6 is 0 Å². The minimum absolute atomic E-state index is 0.0514. The van der Waals surface area contributed by atoms with Gasteiger partial charge in [-0.25, -0.2) is 4.79 Å². The van der Waals surface area contributed by atoms with Crippen LogP contribution in [-0.4, -0.2) is 52.6 Å². The van der Waals surface area contributed by atoms with Gasteiger partial charge < -0.3 is 14.9 Å². The lowest BCUT2D eigenvalue weighted by Gasteiger charge is -2.32. The van der Waals surface area contributed by atoms with E-state index < -0.39 is 5.97 Å². The van der Waals surface area contributed by atoms with Crippen LogP contribution in [0, 0.1) is 0 Å². The van der Waals surface area contributed by atoms with Gasteiger partial charge >= 0.3 is 12.0 Å². The van der Waals surface area contributed by atoms with Crippen LogP contribution < -0.4 is 0 Å². The third kappa shape index (κ3) is 5.06. The number of urea groups is 1. The van der Waals surface area contributed by atoms with Gasteiger partial charge in [-0.15, -0.1) is 0 Å². The molecule has 5 heteroatoms. The third-order valence-electron chi connectivity index (χ3n) is 2.82. The van der Waals surface area contributed by atoms with E-state index in [1.165, 1.54) is 4.90 Å². The minimum Gasteiger partial charge on any atom is -0.480 e. The second-order valence-electron chi connectivity index (χ2n) is 4.14. The van der Waals surface area contributed by atoms with Crippen molar-refractivity contribution in [3.63, 3.8) is 0 Å². The number of amides is 2. The van der Waals surface area contributed by atoms with Crippen LogP contribution in [0.5, 0.6) is 0 Å². The molecule has 0 saturated carbocycles. The number of carbonyl (C=O) groups excluding carboxylic acids is 1. The van der Waals surface area contributed by atoms with E-state index in [4.69, 9.17) is 5.11 Å². The summed E-state index contributed by atoms with van der Waals surface area (Å²) in [6, 6.07) is -0.226. The van der Waals surface area contributed by atoms with Crippen molar-refractivity contribution in [1.82, 2.24) is 9.80 Å². The lowest BCUT2D eigenvalue weighted by atomic mass is 10.2. The summed E-state index contributed by atoms with van der Waals surface area (Å²) in [7, 11) is 0. The first kappa shape index (κ1) is 15.7. The van der Waals surface area contributed by atoms with Gasteiger partial charge in [0.05, 0.1) is 0 Å². The molecule has 0 aromatic heterocycles. The topological polar surface area (TPSA) is 60.9 Å². The number of rotatable bonds is 7.